The Bertz CT molecular complexity index is 312. The van der Waals surface area contributed by atoms with Crippen LogP contribution in [0, 0.1) is 5.92 Å². The van der Waals surface area contributed by atoms with Gasteiger partial charge in [-0.3, -0.25) is 0 Å². The molecule has 0 spiro atoms. The lowest BCUT2D eigenvalue weighted by molar-refractivity contribution is 0.511. The Morgan fingerprint density at radius 3 is 1.93 bits per heavy atom. The van der Waals surface area contributed by atoms with Crippen LogP contribution in [0.25, 0.3) is 0 Å². The molecule has 0 amide bonds. The molecule has 1 atom stereocenters. The van der Waals surface area contributed by atoms with Crippen LogP contribution in [0.1, 0.15) is 27.7 Å². The molecule has 1 unspecified atom stereocenters. The van der Waals surface area contributed by atoms with Crippen LogP contribution >= 0.6 is 12.2 Å². The summed E-state index contributed by atoms with van der Waals surface area (Å²) in [4.78, 5) is 0.152. The van der Waals surface area contributed by atoms with Gasteiger partial charge in [0.05, 0.1) is 11.0 Å². The molecule has 0 aliphatic heterocycles. The van der Waals surface area contributed by atoms with Gasteiger partial charge in [0.1, 0.15) is 0 Å². The zero-order valence-electron chi connectivity index (χ0n) is 9.44. The third-order valence-corrected chi connectivity index (χ3v) is 3.25. The molecule has 4 N–H and O–H groups in total. The topological polar surface area (TPSA) is 84.2 Å². The highest BCUT2D eigenvalue weighted by Crippen LogP contribution is 2.03. The van der Waals surface area contributed by atoms with Gasteiger partial charge in [-0.15, -0.1) is 0 Å². The molecule has 0 aliphatic carbocycles. The van der Waals surface area contributed by atoms with E-state index in [1.54, 1.807) is 13.8 Å². The lowest BCUT2D eigenvalue weighted by Crippen LogP contribution is -2.51. The second-order valence-corrected chi connectivity index (χ2v) is 5.97. The van der Waals surface area contributed by atoms with Crippen molar-refractivity contribution in [2.75, 3.05) is 0 Å². The molecule has 0 saturated heterocycles. The van der Waals surface area contributed by atoms with E-state index < -0.39 is 16.3 Å². The number of nitrogens with one attached hydrogen (secondary N) is 2. The second-order valence-electron chi connectivity index (χ2n) is 4.02. The minimum atomic E-state index is -3.54. The Balaban J connectivity index is 4.61. The average molecular weight is 253 g/mol. The summed E-state index contributed by atoms with van der Waals surface area (Å²) in [6.07, 6.45) is 0. The molecule has 0 fully saturated rings. The van der Waals surface area contributed by atoms with E-state index in [0.717, 1.165) is 0 Å². The predicted molar refractivity (Wildman–Crippen MR) is 65.7 cm³/mol. The fourth-order valence-electron chi connectivity index (χ4n) is 1.03. The number of rotatable bonds is 6. The van der Waals surface area contributed by atoms with Crippen LogP contribution < -0.4 is 15.2 Å². The van der Waals surface area contributed by atoms with Gasteiger partial charge in [-0.2, -0.15) is 17.9 Å². The minimum absolute atomic E-state index is 0.0197. The summed E-state index contributed by atoms with van der Waals surface area (Å²) in [6, 6.07) is -0.682. The number of thiocarbonyl (C=S) groups is 1. The summed E-state index contributed by atoms with van der Waals surface area (Å²) in [5, 5.41) is 0. The summed E-state index contributed by atoms with van der Waals surface area (Å²) < 4.78 is 27.9. The third kappa shape index (κ3) is 6.03. The Morgan fingerprint density at radius 1 is 1.20 bits per heavy atom. The van der Waals surface area contributed by atoms with E-state index in [1.165, 1.54) is 0 Å². The molecular formula is C8H19N3O2S2. The summed E-state index contributed by atoms with van der Waals surface area (Å²) in [6.45, 7) is 7.18. The van der Waals surface area contributed by atoms with Gasteiger partial charge >= 0.3 is 0 Å². The van der Waals surface area contributed by atoms with E-state index in [0.29, 0.717) is 0 Å². The summed E-state index contributed by atoms with van der Waals surface area (Å²) in [5.74, 6) is 0.0197. The number of nitrogens with two attached hydrogens (primary N) is 1. The van der Waals surface area contributed by atoms with Crippen molar-refractivity contribution in [1.29, 1.82) is 0 Å². The van der Waals surface area contributed by atoms with E-state index in [9.17, 15) is 8.42 Å². The molecule has 15 heavy (non-hydrogen) atoms. The van der Waals surface area contributed by atoms with Crippen LogP contribution in [0.2, 0.25) is 0 Å². The Morgan fingerprint density at radius 2 is 1.67 bits per heavy atom. The van der Waals surface area contributed by atoms with E-state index in [-0.39, 0.29) is 16.9 Å². The maximum atomic E-state index is 11.5. The van der Waals surface area contributed by atoms with Gasteiger partial charge in [-0.05, 0) is 19.8 Å². The predicted octanol–water partition coefficient (Wildman–Crippen LogP) is 0.130. The first-order chi connectivity index (χ1) is 6.65. The standard InChI is InChI=1S/C8H19N3O2S2/c1-5(2)7(8(9)14)11-15(12,13)10-6(3)4/h5-7,10-11H,1-4H3,(H2,9,14). The highest BCUT2D eigenvalue weighted by atomic mass is 32.2. The summed E-state index contributed by atoms with van der Waals surface area (Å²) in [7, 11) is -3.54. The first kappa shape index (κ1) is 14.8. The second kappa shape index (κ2) is 5.74. The average Bonchev–Trinajstić information content (AvgIpc) is 1.96. The Labute approximate surface area is 97.0 Å². The van der Waals surface area contributed by atoms with Crippen LogP contribution in [0.4, 0.5) is 0 Å². The molecule has 0 bridgehead atoms. The molecule has 0 aromatic heterocycles. The quantitative estimate of drug-likeness (QED) is 0.587. The highest BCUT2D eigenvalue weighted by Gasteiger charge is 2.23. The monoisotopic (exact) mass is 253 g/mol. The van der Waals surface area contributed by atoms with E-state index in [4.69, 9.17) is 18.0 Å². The van der Waals surface area contributed by atoms with Gasteiger partial charge in [0.2, 0.25) is 0 Å². The van der Waals surface area contributed by atoms with Crippen molar-refractivity contribution in [2.45, 2.75) is 39.8 Å². The molecule has 0 heterocycles. The molecule has 0 aliphatic rings. The molecule has 5 nitrogen and oxygen atoms in total. The van der Waals surface area contributed by atoms with Gasteiger partial charge in [-0.1, -0.05) is 26.1 Å². The largest absolute Gasteiger partial charge is 0.392 e. The van der Waals surface area contributed by atoms with Crippen LogP contribution in [-0.4, -0.2) is 25.5 Å². The zero-order chi connectivity index (χ0) is 12.2. The lowest BCUT2D eigenvalue weighted by Gasteiger charge is -2.21. The smallest absolute Gasteiger partial charge is 0.277 e. The SMILES string of the molecule is CC(C)NS(=O)(=O)NC(C(N)=S)C(C)C. The number of hydrogen-bond donors (Lipinski definition) is 3. The molecule has 90 valence electrons. The molecule has 7 heteroatoms. The molecule has 0 aromatic carbocycles. The highest BCUT2D eigenvalue weighted by molar-refractivity contribution is 7.87. The normalized spacial score (nSPS) is 14.5. The molecule has 0 radical (unpaired) electrons. The van der Waals surface area contributed by atoms with Crippen molar-refractivity contribution in [3.05, 3.63) is 0 Å². The van der Waals surface area contributed by atoms with E-state index in [1.807, 2.05) is 13.8 Å². The lowest BCUT2D eigenvalue weighted by atomic mass is 10.1. The molecule has 0 rings (SSSR count). The van der Waals surface area contributed by atoms with Gasteiger partial charge in [0.15, 0.2) is 0 Å². The van der Waals surface area contributed by atoms with Gasteiger partial charge in [-0.25, -0.2) is 0 Å². The van der Waals surface area contributed by atoms with Crippen LogP contribution in [-0.2, 0) is 10.2 Å². The summed E-state index contributed by atoms with van der Waals surface area (Å²) >= 11 is 4.80. The fraction of sp³-hybridized carbons (Fsp3) is 0.875. The maximum absolute atomic E-state index is 11.5. The first-order valence-electron chi connectivity index (χ1n) is 4.74. The van der Waals surface area contributed by atoms with E-state index >= 15 is 0 Å². The van der Waals surface area contributed by atoms with Crippen molar-refractivity contribution >= 4 is 27.4 Å². The number of hydrogen-bond acceptors (Lipinski definition) is 3. The van der Waals surface area contributed by atoms with Gasteiger partial charge in [0.25, 0.3) is 10.2 Å². The summed E-state index contributed by atoms with van der Waals surface area (Å²) in [5.41, 5.74) is 5.45. The first-order valence-corrected chi connectivity index (χ1v) is 6.63. The van der Waals surface area contributed by atoms with Crippen LogP contribution in [0.15, 0.2) is 0 Å². The molecule has 0 aromatic rings. The van der Waals surface area contributed by atoms with Gasteiger partial charge < -0.3 is 5.73 Å². The van der Waals surface area contributed by atoms with Crippen LogP contribution in [0.3, 0.4) is 0 Å². The van der Waals surface area contributed by atoms with Crippen molar-refractivity contribution < 1.29 is 8.42 Å². The fourth-order valence-corrected chi connectivity index (χ4v) is 2.86. The zero-order valence-corrected chi connectivity index (χ0v) is 11.1. The van der Waals surface area contributed by atoms with Crippen molar-refractivity contribution in [1.82, 2.24) is 9.44 Å². The Hall–Kier alpha value is -0.240. The van der Waals surface area contributed by atoms with Crippen molar-refractivity contribution in [2.24, 2.45) is 11.7 Å². The van der Waals surface area contributed by atoms with E-state index in [2.05, 4.69) is 9.44 Å². The van der Waals surface area contributed by atoms with Crippen LogP contribution in [0.5, 0.6) is 0 Å². The van der Waals surface area contributed by atoms with Crippen molar-refractivity contribution in [3.8, 4) is 0 Å². The molecular weight excluding hydrogens is 234 g/mol. The third-order valence-electron chi connectivity index (χ3n) is 1.65. The Kier molecular flexibility index (Phi) is 5.65. The maximum Gasteiger partial charge on any atom is 0.277 e. The molecule has 0 saturated carbocycles. The van der Waals surface area contributed by atoms with Crippen molar-refractivity contribution in [3.63, 3.8) is 0 Å². The minimum Gasteiger partial charge on any atom is -0.392 e. The van der Waals surface area contributed by atoms with Gasteiger partial charge in [0, 0.05) is 6.04 Å².